The van der Waals surface area contributed by atoms with E-state index in [4.69, 9.17) is 5.73 Å². The molecule has 0 aliphatic heterocycles. The molecule has 0 saturated heterocycles. The first-order chi connectivity index (χ1) is 10.9. The van der Waals surface area contributed by atoms with E-state index in [2.05, 4.69) is 4.98 Å². The van der Waals surface area contributed by atoms with Crippen LogP contribution in [0.5, 0.6) is 0 Å². The van der Waals surface area contributed by atoms with Gasteiger partial charge in [-0.1, -0.05) is 30.3 Å². The summed E-state index contributed by atoms with van der Waals surface area (Å²) in [5.74, 6) is 0. The molecular formula is C17H13F3N2O. The average molecular weight is 318 g/mol. The third-order valence-electron chi connectivity index (χ3n) is 3.67. The van der Waals surface area contributed by atoms with E-state index in [-0.39, 0.29) is 10.9 Å². The van der Waals surface area contributed by atoms with Crippen LogP contribution < -0.4 is 11.3 Å². The molecule has 0 aliphatic carbocycles. The van der Waals surface area contributed by atoms with Gasteiger partial charge in [0.15, 0.2) is 0 Å². The predicted molar refractivity (Wildman–Crippen MR) is 82.9 cm³/mol. The SMILES string of the molecule is NCc1ccc(-c2ccc3[nH]c(=O)cc(C(F)(F)F)c3c2)cc1. The van der Waals surface area contributed by atoms with Crippen molar-refractivity contribution in [3.8, 4) is 11.1 Å². The highest BCUT2D eigenvalue weighted by atomic mass is 19.4. The molecular weight excluding hydrogens is 305 g/mol. The van der Waals surface area contributed by atoms with Gasteiger partial charge in [-0.05, 0) is 28.8 Å². The molecule has 1 aromatic heterocycles. The molecule has 0 saturated carbocycles. The molecule has 0 radical (unpaired) electrons. The summed E-state index contributed by atoms with van der Waals surface area (Å²) in [6, 6.07) is 12.5. The van der Waals surface area contributed by atoms with E-state index < -0.39 is 17.3 Å². The van der Waals surface area contributed by atoms with E-state index >= 15 is 0 Å². The number of pyridine rings is 1. The van der Waals surface area contributed by atoms with Crippen LogP contribution in [-0.4, -0.2) is 4.98 Å². The predicted octanol–water partition coefficient (Wildman–Crippen LogP) is 3.67. The van der Waals surface area contributed by atoms with E-state index in [1.54, 1.807) is 6.07 Å². The van der Waals surface area contributed by atoms with Gasteiger partial charge in [0.2, 0.25) is 5.56 Å². The third kappa shape index (κ3) is 2.98. The zero-order valence-corrected chi connectivity index (χ0v) is 11.9. The molecule has 0 unspecified atom stereocenters. The van der Waals surface area contributed by atoms with Crippen molar-refractivity contribution in [2.45, 2.75) is 12.7 Å². The van der Waals surface area contributed by atoms with Gasteiger partial charge in [-0.15, -0.1) is 0 Å². The van der Waals surface area contributed by atoms with Crippen LogP contribution in [0.2, 0.25) is 0 Å². The van der Waals surface area contributed by atoms with Gasteiger partial charge in [-0.25, -0.2) is 0 Å². The monoisotopic (exact) mass is 318 g/mol. The molecule has 0 fully saturated rings. The number of fused-ring (bicyclic) bond motifs is 1. The van der Waals surface area contributed by atoms with E-state index in [1.165, 1.54) is 12.1 Å². The zero-order valence-electron chi connectivity index (χ0n) is 11.9. The number of halogens is 3. The van der Waals surface area contributed by atoms with Crippen LogP contribution in [0.4, 0.5) is 13.2 Å². The molecule has 0 bridgehead atoms. The molecule has 23 heavy (non-hydrogen) atoms. The van der Waals surface area contributed by atoms with E-state index in [1.807, 2.05) is 24.3 Å². The number of aromatic amines is 1. The highest BCUT2D eigenvalue weighted by Gasteiger charge is 2.33. The van der Waals surface area contributed by atoms with Crippen LogP contribution in [-0.2, 0) is 12.7 Å². The van der Waals surface area contributed by atoms with Gasteiger partial charge in [-0.2, -0.15) is 13.2 Å². The summed E-state index contributed by atoms with van der Waals surface area (Å²) in [5, 5.41) is -0.0301. The maximum atomic E-state index is 13.2. The number of H-pyrrole nitrogens is 1. The quantitative estimate of drug-likeness (QED) is 0.757. The number of benzene rings is 2. The molecule has 0 aliphatic rings. The second-order valence-electron chi connectivity index (χ2n) is 5.21. The van der Waals surface area contributed by atoms with Gasteiger partial charge in [0.1, 0.15) is 0 Å². The van der Waals surface area contributed by atoms with Crippen molar-refractivity contribution in [3.63, 3.8) is 0 Å². The minimum absolute atomic E-state index is 0.0301. The summed E-state index contributed by atoms with van der Waals surface area (Å²) in [6.07, 6.45) is -4.59. The number of alkyl halides is 3. The van der Waals surface area contributed by atoms with Crippen LogP contribution >= 0.6 is 0 Å². The maximum absolute atomic E-state index is 13.2. The van der Waals surface area contributed by atoms with Gasteiger partial charge >= 0.3 is 6.18 Å². The molecule has 0 spiro atoms. The summed E-state index contributed by atoms with van der Waals surface area (Å²) in [7, 11) is 0. The first-order valence-electron chi connectivity index (χ1n) is 6.92. The molecule has 3 rings (SSSR count). The van der Waals surface area contributed by atoms with Gasteiger partial charge in [0, 0.05) is 23.5 Å². The zero-order chi connectivity index (χ0) is 16.6. The van der Waals surface area contributed by atoms with Gasteiger partial charge in [0.25, 0.3) is 0 Å². The van der Waals surface area contributed by atoms with E-state index in [9.17, 15) is 18.0 Å². The van der Waals surface area contributed by atoms with Crippen LogP contribution in [0, 0.1) is 0 Å². The Bertz CT molecular complexity index is 912. The molecule has 1 heterocycles. The second-order valence-corrected chi connectivity index (χ2v) is 5.21. The maximum Gasteiger partial charge on any atom is 0.417 e. The number of rotatable bonds is 2. The fraction of sp³-hybridized carbons (Fsp3) is 0.118. The summed E-state index contributed by atoms with van der Waals surface area (Å²) in [5.41, 5.74) is 6.35. The minimum Gasteiger partial charge on any atom is -0.326 e. The smallest absolute Gasteiger partial charge is 0.326 e. The summed E-state index contributed by atoms with van der Waals surface area (Å²) < 4.78 is 39.5. The van der Waals surface area contributed by atoms with Crippen molar-refractivity contribution >= 4 is 10.9 Å². The number of hydrogen-bond donors (Lipinski definition) is 2. The second kappa shape index (κ2) is 5.55. The molecule has 3 N–H and O–H groups in total. The Balaban J connectivity index is 2.21. The summed E-state index contributed by atoms with van der Waals surface area (Å²) in [4.78, 5) is 13.8. The standard InChI is InChI=1S/C17H13F3N2O/c18-17(19,20)14-8-16(23)22-15-6-5-12(7-13(14)15)11-3-1-10(9-21)2-4-11/h1-8H,9,21H2,(H,22,23). The lowest BCUT2D eigenvalue weighted by atomic mass is 10.00. The lowest BCUT2D eigenvalue weighted by Gasteiger charge is -2.11. The van der Waals surface area contributed by atoms with Crippen molar-refractivity contribution < 1.29 is 13.2 Å². The molecule has 3 nitrogen and oxygen atoms in total. The van der Waals surface area contributed by atoms with Gasteiger partial charge in [-0.3, -0.25) is 4.79 Å². The van der Waals surface area contributed by atoms with Gasteiger partial charge < -0.3 is 10.7 Å². The van der Waals surface area contributed by atoms with Crippen molar-refractivity contribution in [2.24, 2.45) is 5.73 Å². The fourth-order valence-corrected chi connectivity index (χ4v) is 2.50. The van der Waals surface area contributed by atoms with E-state index in [0.717, 1.165) is 11.1 Å². The lowest BCUT2D eigenvalue weighted by molar-refractivity contribution is -0.136. The third-order valence-corrected chi connectivity index (χ3v) is 3.67. The first kappa shape index (κ1) is 15.3. The number of nitrogens with one attached hydrogen (secondary N) is 1. The Hall–Kier alpha value is -2.60. The Morgan fingerprint density at radius 3 is 2.22 bits per heavy atom. The van der Waals surface area contributed by atoms with Gasteiger partial charge in [0.05, 0.1) is 5.56 Å². The Kier molecular flexibility index (Phi) is 3.69. The molecule has 3 aromatic rings. The average Bonchev–Trinajstić information content (AvgIpc) is 2.53. The van der Waals surface area contributed by atoms with Crippen LogP contribution in [0.3, 0.4) is 0 Å². The van der Waals surface area contributed by atoms with Crippen molar-refractivity contribution in [1.82, 2.24) is 4.98 Å². The normalized spacial score (nSPS) is 11.8. The Labute approximate surface area is 129 Å². The Morgan fingerprint density at radius 2 is 1.61 bits per heavy atom. The lowest BCUT2D eigenvalue weighted by Crippen LogP contribution is -2.13. The fourth-order valence-electron chi connectivity index (χ4n) is 2.50. The van der Waals surface area contributed by atoms with Crippen molar-refractivity contribution in [1.29, 1.82) is 0 Å². The van der Waals surface area contributed by atoms with E-state index in [0.29, 0.717) is 18.2 Å². The molecule has 0 amide bonds. The first-order valence-corrected chi connectivity index (χ1v) is 6.92. The number of aromatic nitrogens is 1. The number of nitrogens with two attached hydrogens (primary N) is 1. The Morgan fingerprint density at radius 1 is 0.957 bits per heavy atom. The highest BCUT2D eigenvalue weighted by molar-refractivity contribution is 5.87. The molecule has 118 valence electrons. The largest absolute Gasteiger partial charge is 0.417 e. The molecule has 6 heteroatoms. The van der Waals surface area contributed by atoms with Crippen molar-refractivity contribution in [3.05, 3.63) is 70.0 Å². The topological polar surface area (TPSA) is 58.9 Å². The number of hydrogen-bond acceptors (Lipinski definition) is 2. The van der Waals surface area contributed by atoms with Crippen molar-refractivity contribution in [2.75, 3.05) is 0 Å². The minimum atomic E-state index is -4.59. The van der Waals surface area contributed by atoms with Crippen LogP contribution in [0.25, 0.3) is 22.0 Å². The van der Waals surface area contributed by atoms with Crippen LogP contribution in [0.1, 0.15) is 11.1 Å². The van der Waals surface area contributed by atoms with Crippen LogP contribution in [0.15, 0.2) is 53.3 Å². The molecule has 0 atom stereocenters. The summed E-state index contributed by atoms with van der Waals surface area (Å²) in [6.45, 7) is 0.400. The highest BCUT2D eigenvalue weighted by Crippen LogP contribution is 2.35. The molecule has 2 aromatic carbocycles. The summed E-state index contributed by atoms with van der Waals surface area (Å²) >= 11 is 0.